The van der Waals surface area contributed by atoms with Crippen molar-refractivity contribution in [2.75, 3.05) is 12.4 Å². The Balaban J connectivity index is 1.57. The van der Waals surface area contributed by atoms with Crippen molar-refractivity contribution >= 4 is 35.3 Å². The van der Waals surface area contributed by atoms with Crippen LogP contribution in [0, 0.1) is 6.92 Å². The lowest BCUT2D eigenvalue weighted by molar-refractivity contribution is 0.100. The molecular formula is C24H24BN5O4. The van der Waals surface area contributed by atoms with Gasteiger partial charge in [-0.15, -0.1) is 0 Å². The number of anilines is 1. The Labute approximate surface area is 196 Å². The molecule has 0 aliphatic carbocycles. The molecule has 0 bridgehead atoms. The molecule has 0 saturated carbocycles. The fraction of sp³-hybridized carbons (Fsp3) is 0.208. The largest absolute Gasteiger partial charge is 0.488 e. The van der Waals surface area contributed by atoms with Crippen molar-refractivity contribution in [1.82, 2.24) is 14.9 Å². The number of hydrogen-bond acceptors (Lipinski definition) is 8. The zero-order chi connectivity index (χ0) is 24.0. The van der Waals surface area contributed by atoms with E-state index in [9.17, 15) is 14.8 Å². The van der Waals surface area contributed by atoms with Crippen molar-refractivity contribution in [3.8, 4) is 11.4 Å². The van der Waals surface area contributed by atoms with E-state index in [0.717, 1.165) is 27.8 Å². The van der Waals surface area contributed by atoms with E-state index >= 15 is 0 Å². The molecule has 5 rings (SSSR count). The van der Waals surface area contributed by atoms with Gasteiger partial charge in [0.1, 0.15) is 17.2 Å². The van der Waals surface area contributed by atoms with Crippen molar-refractivity contribution < 1.29 is 19.3 Å². The molecule has 3 heterocycles. The maximum Gasteiger partial charge on any atom is 0.488 e. The highest BCUT2D eigenvalue weighted by Crippen LogP contribution is 2.37. The summed E-state index contributed by atoms with van der Waals surface area (Å²) in [6.45, 7) is 3.67. The minimum Gasteiger partial charge on any atom is -0.460 e. The summed E-state index contributed by atoms with van der Waals surface area (Å²) in [6, 6.07) is 12.4. The highest BCUT2D eigenvalue weighted by molar-refractivity contribution is 6.58. The number of carbonyl (C=O) groups excluding carboxylic acids is 1. The molecule has 34 heavy (non-hydrogen) atoms. The van der Waals surface area contributed by atoms with Crippen LogP contribution in [0.3, 0.4) is 0 Å². The predicted octanol–water partition coefficient (Wildman–Crippen LogP) is 1.53. The molecule has 2 aromatic carbocycles. The predicted molar refractivity (Wildman–Crippen MR) is 129 cm³/mol. The second kappa shape index (κ2) is 8.56. The topological polar surface area (TPSA) is 138 Å². The number of primary amides is 1. The van der Waals surface area contributed by atoms with Gasteiger partial charge >= 0.3 is 7.12 Å². The van der Waals surface area contributed by atoms with Gasteiger partial charge in [-0.25, -0.2) is 9.97 Å². The molecule has 1 aliphatic rings. The number of nitrogens with one attached hydrogen (secondary N) is 1. The van der Waals surface area contributed by atoms with Crippen LogP contribution in [0.2, 0.25) is 0 Å². The number of aryl methyl sites for hydroxylation is 1. The van der Waals surface area contributed by atoms with Crippen LogP contribution in [0.1, 0.15) is 32.9 Å². The Bertz CT molecular complexity index is 1420. The van der Waals surface area contributed by atoms with Crippen LogP contribution in [0.4, 0.5) is 5.82 Å². The third-order valence-corrected chi connectivity index (χ3v) is 6.03. The molecule has 1 aliphatic heterocycles. The molecule has 0 atom stereocenters. The molecule has 0 fully saturated rings. The van der Waals surface area contributed by atoms with Crippen molar-refractivity contribution in [2.45, 2.75) is 26.6 Å². The Morgan fingerprint density at radius 2 is 2.00 bits per heavy atom. The number of nitrogens with two attached hydrogens (primary N) is 1. The van der Waals surface area contributed by atoms with E-state index in [1.54, 1.807) is 30.3 Å². The first-order valence-corrected chi connectivity index (χ1v) is 10.9. The lowest BCUT2D eigenvalue weighted by Gasteiger charge is -2.13. The lowest BCUT2D eigenvalue weighted by atomic mass is 9.79. The van der Waals surface area contributed by atoms with Crippen LogP contribution in [0.15, 0.2) is 46.9 Å². The number of rotatable bonds is 6. The van der Waals surface area contributed by atoms with Gasteiger partial charge in [-0.1, -0.05) is 36.4 Å². The first-order chi connectivity index (χ1) is 16.3. The van der Waals surface area contributed by atoms with Gasteiger partial charge in [0.15, 0.2) is 5.82 Å². The second-order valence-electron chi connectivity index (χ2n) is 8.55. The van der Waals surface area contributed by atoms with E-state index in [4.69, 9.17) is 20.1 Å². The number of amides is 1. The summed E-state index contributed by atoms with van der Waals surface area (Å²) in [6.07, 6.45) is 0. The monoisotopic (exact) mass is 457 g/mol. The molecule has 1 amide bonds. The Hall–Kier alpha value is -3.73. The van der Waals surface area contributed by atoms with Crippen LogP contribution in [0.25, 0.3) is 22.4 Å². The summed E-state index contributed by atoms with van der Waals surface area (Å²) in [5.74, 6) is 1.26. The number of nitrogens with zero attached hydrogens (tertiary/aromatic N) is 3. The highest BCUT2D eigenvalue weighted by Gasteiger charge is 2.26. The van der Waals surface area contributed by atoms with Gasteiger partial charge in [-0.3, -0.25) is 9.69 Å². The SMILES string of the molecule is Cc1oc2c(C(N)=O)cccc2c1-c1nc2c(c(NCc3cccc(B(O)O)c3)n1)CN(C)C2. The van der Waals surface area contributed by atoms with Gasteiger partial charge < -0.3 is 25.5 Å². The third kappa shape index (κ3) is 3.92. The molecule has 2 aromatic heterocycles. The molecule has 0 saturated heterocycles. The maximum atomic E-state index is 11.9. The zero-order valence-electron chi connectivity index (χ0n) is 18.9. The number of hydrogen-bond donors (Lipinski definition) is 4. The van der Waals surface area contributed by atoms with Crippen LogP contribution >= 0.6 is 0 Å². The van der Waals surface area contributed by atoms with Gasteiger partial charge in [0.2, 0.25) is 0 Å². The Morgan fingerprint density at radius 3 is 2.76 bits per heavy atom. The average molecular weight is 457 g/mol. The fourth-order valence-corrected chi connectivity index (χ4v) is 4.43. The van der Waals surface area contributed by atoms with E-state index in [-0.39, 0.29) is 0 Å². The van der Waals surface area contributed by atoms with Crippen LogP contribution < -0.4 is 16.5 Å². The van der Waals surface area contributed by atoms with E-state index in [1.165, 1.54) is 0 Å². The quantitative estimate of drug-likeness (QED) is 0.320. The number of carbonyl (C=O) groups is 1. The Kier molecular flexibility index (Phi) is 5.56. The summed E-state index contributed by atoms with van der Waals surface area (Å²) < 4.78 is 5.93. The van der Waals surface area contributed by atoms with E-state index in [2.05, 4.69) is 10.2 Å². The molecular weight excluding hydrogens is 433 g/mol. The minimum atomic E-state index is -1.52. The number of aromatic nitrogens is 2. The van der Waals surface area contributed by atoms with Crippen molar-refractivity contribution in [3.05, 3.63) is 70.6 Å². The van der Waals surface area contributed by atoms with E-state index in [1.807, 2.05) is 26.1 Å². The number of para-hydroxylation sites is 1. The molecule has 172 valence electrons. The highest BCUT2D eigenvalue weighted by atomic mass is 16.4. The van der Waals surface area contributed by atoms with Gasteiger partial charge in [-0.05, 0) is 31.1 Å². The zero-order valence-corrected chi connectivity index (χ0v) is 18.9. The smallest absolute Gasteiger partial charge is 0.460 e. The fourth-order valence-electron chi connectivity index (χ4n) is 4.43. The van der Waals surface area contributed by atoms with Crippen LogP contribution in [0.5, 0.6) is 0 Å². The maximum absolute atomic E-state index is 11.9. The summed E-state index contributed by atoms with van der Waals surface area (Å²) in [4.78, 5) is 23.7. The van der Waals surface area contributed by atoms with Crippen molar-refractivity contribution in [2.24, 2.45) is 5.73 Å². The normalized spacial score (nSPS) is 13.3. The number of fused-ring (bicyclic) bond motifs is 2. The molecule has 4 aromatic rings. The summed E-state index contributed by atoms with van der Waals surface area (Å²) in [7, 11) is 0.501. The summed E-state index contributed by atoms with van der Waals surface area (Å²) >= 11 is 0. The molecule has 10 heteroatoms. The number of benzene rings is 2. The minimum absolute atomic E-state index is 0.317. The first-order valence-electron chi connectivity index (χ1n) is 10.9. The molecule has 0 radical (unpaired) electrons. The number of furan rings is 1. The molecule has 0 spiro atoms. The second-order valence-corrected chi connectivity index (χ2v) is 8.55. The van der Waals surface area contributed by atoms with Crippen LogP contribution in [-0.4, -0.2) is 45.0 Å². The summed E-state index contributed by atoms with van der Waals surface area (Å²) in [5.41, 5.74) is 10.3. The third-order valence-electron chi connectivity index (χ3n) is 6.03. The molecule has 9 nitrogen and oxygen atoms in total. The van der Waals surface area contributed by atoms with Gasteiger partial charge in [0, 0.05) is 30.6 Å². The standard InChI is InChI=1S/C24H24BN5O4/c1-13-20(16-7-4-8-17(22(26)31)21(16)34-13)24-28-19-12-30(2)11-18(19)23(29-24)27-10-14-5-3-6-15(9-14)25(32)33/h3-9,32-33H,10-12H2,1-2H3,(H2,26,31)(H,27,28,29). The molecule has 5 N–H and O–H groups in total. The van der Waals surface area contributed by atoms with Crippen LogP contribution in [-0.2, 0) is 19.6 Å². The van der Waals surface area contributed by atoms with Gasteiger partial charge in [0.25, 0.3) is 5.91 Å². The first kappa shape index (κ1) is 22.1. The van der Waals surface area contributed by atoms with Gasteiger partial charge in [0.05, 0.1) is 16.8 Å². The Morgan fingerprint density at radius 1 is 1.21 bits per heavy atom. The average Bonchev–Trinajstić information content (AvgIpc) is 3.35. The van der Waals surface area contributed by atoms with Crippen molar-refractivity contribution in [3.63, 3.8) is 0 Å². The van der Waals surface area contributed by atoms with E-state index < -0.39 is 13.0 Å². The summed E-state index contributed by atoms with van der Waals surface area (Å²) in [5, 5.41) is 23.1. The molecule has 0 unspecified atom stereocenters. The lowest BCUT2D eigenvalue weighted by Crippen LogP contribution is -2.30. The van der Waals surface area contributed by atoms with Crippen molar-refractivity contribution in [1.29, 1.82) is 0 Å². The van der Waals surface area contributed by atoms with E-state index in [0.29, 0.717) is 53.6 Å². The van der Waals surface area contributed by atoms with Gasteiger partial charge in [-0.2, -0.15) is 0 Å².